The van der Waals surface area contributed by atoms with E-state index in [2.05, 4.69) is 0 Å². The second-order valence-corrected chi connectivity index (χ2v) is 1.53. The third-order valence-electron chi connectivity index (χ3n) is 0.722. The molecule has 0 aromatic carbocycles. The Morgan fingerprint density at radius 2 is 2.11 bits per heavy atom. The molecular formula is C4H6NO4-. The first-order valence-corrected chi connectivity index (χ1v) is 2.44. The molecule has 0 atom stereocenters. The molecule has 0 aromatic heterocycles. The van der Waals surface area contributed by atoms with Gasteiger partial charge in [-0.05, 0) is 6.42 Å². The molecular weight excluding hydrogens is 126 g/mol. The number of carbonyl (C=O) groups is 1. The number of hydrogen-bond donors (Lipinski definition) is 0. The Labute approximate surface area is 51.4 Å². The maximum atomic E-state index is 9.65. The smallest absolute Gasteiger partial charge is 0.204 e. The summed E-state index contributed by atoms with van der Waals surface area (Å²) in [4.78, 5) is 18.7. The Hall–Kier alpha value is -1.13. The molecule has 0 fully saturated rings. The van der Waals surface area contributed by atoms with Gasteiger partial charge in [-0.3, -0.25) is 10.1 Å². The molecule has 0 aliphatic carbocycles. The summed E-state index contributed by atoms with van der Waals surface area (Å²) in [6.07, 6.45) is -0.184. The van der Waals surface area contributed by atoms with Gasteiger partial charge < -0.3 is 9.90 Å². The third kappa shape index (κ3) is 6.87. The Morgan fingerprint density at radius 3 is 2.44 bits per heavy atom. The van der Waals surface area contributed by atoms with Gasteiger partial charge in [0.05, 0.1) is 0 Å². The van der Waals surface area contributed by atoms with Gasteiger partial charge in [0.1, 0.15) is 0 Å². The lowest BCUT2D eigenvalue weighted by molar-refractivity contribution is -0.480. The monoisotopic (exact) mass is 132 g/mol. The minimum atomic E-state index is -1.24. The van der Waals surface area contributed by atoms with Crippen LogP contribution in [-0.4, -0.2) is 17.4 Å². The van der Waals surface area contributed by atoms with Gasteiger partial charge in [0, 0.05) is 17.3 Å². The molecule has 0 amide bonds. The van der Waals surface area contributed by atoms with E-state index in [1.54, 1.807) is 0 Å². The molecule has 0 bridgehead atoms. The van der Waals surface area contributed by atoms with Crippen molar-refractivity contribution in [2.24, 2.45) is 0 Å². The van der Waals surface area contributed by atoms with Gasteiger partial charge in [0.25, 0.3) is 0 Å². The standard InChI is InChI=1S/C4H7NO4/c6-4(7)2-1-3-5(8)9/h1-3H2,(H,6,7)/p-1. The first-order chi connectivity index (χ1) is 4.13. The predicted molar refractivity (Wildman–Crippen MR) is 26.1 cm³/mol. The lowest BCUT2D eigenvalue weighted by Gasteiger charge is -1.95. The van der Waals surface area contributed by atoms with Crippen LogP contribution >= 0.6 is 0 Å². The van der Waals surface area contributed by atoms with Crippen LogP contribution < -0.4 is 5.11 Å². The molecule has 5 heteroatoms. The number of nitro groups is 1. The molecule has 0 unspecified atom stereocenters. The van der Waals surface area contributed by atoms with Crippen LogP contribution in [0.1, 0.15) is 12.8 Å². The van der Waals surface area contributed by atoms with Gasteiger partial charge in [0.15, 0.2) is 0 Å². The van der Waals surface area contributed by atoms with Crippen LogP contribution in [0.15, 0.2) is 0 Å². The van der Waals surface area contributed by atoms with Crippen LogP contribution in [0.5, 0.6) is 0 Å². The average Bonchev–Trinajstić information content (AvgIpc) is 1.63. The van der Waals surface area contributed by atoms with Gasteiger partial charge >= 0.3 is 0 Å². The lowest BCUT2D eigenvalue weighted by Crippen LogP contribution is -2.22. The molecule has 5 nitrogen and oxygen atoms in total. The van der Waals surface area contributed by atoms with Crippen molar-refractivity contribution >= 4 is 5.97 Å². The molecule has 0 aliphatic heterocycles. The Morgan fingerprint density at radius 1 is 1.56 bits per heavy atom. The largest absolute Gasteiger partial charge is 0.550 e. The van der Waals surface area contributed by atoms with Crippen molar-refractivity contribution in [1.82, 2.24) is 0 Å². The molecule has 0 aliphatic rings. The molecule has 52 valence electrons. The van der Waals surface area contributed by atoms with Crippen LogP contribution in [0.25, 0.3) is 0 Å². The number of aliphatic carboxylic acids is 1. The highest BCUT2D eigenvalue weighted by Crippen LogP contribution is 1.85. The molecule has 0 N–H and O–H groups in total. The van der Waals surface area contributed by atoms with Crippen LogP contribution in [0.3, 0.4) is 0 Å². The molecule has 0 aromatic rings. The summed E-state index contributed by atoms with van der Waals surface area (Å²) in [7, 11) is 0. The van der Waals surface area contributed by atoms with Gasteiger partial charge in [-0.15, -0.1) is 0 Å². The lowest BCUT2D eigenvalue weighted by atomic mass is 10.3. The fraction of sp³-hybridized carbons (Fsp3) is 0.750. The first kappa shape index (κ1) is 7.87. The van der Waals surface area contributed by atoms with E-state index in [9.17, 15) is 20.0 Å². The Bertz CT molecular complexity index is 108. The molecule has 0 saturated carbocycles. The Kier molecular flexibility index (Phi) is 3.34. The number of rotatable bonds is 4. The third-order valence-corrected chi connectivity index (χ3v) is 0.722. The molecule has 0 radical (unpaired) electrons. The highest BCUT2D eigenvalue weighted by atomic mass is 16.6. The SMILES string of the molecule is O=C([O-])CCC[N+](=O)[O-]. The first-order valence-electron chi connectivity index (χ1n) is 2.44. The van der Waals surface area contributed by atoms with Crippen molar-refractivity contribution < 1.29 is 14.8 Å². The summed E-state index contributed by atoms with van der Waals surface area (Å²) in [6, 6.07) is 0. The van der Waals surface area contributed by atoms with E-state index >= 15 is 0 Å². The molecule has 9 heavy (non-hydrogen) atoms. The topological polar surface area (TPSA) is 83.3 Å². The van der Waals surface area contributed by atoms with Gasteiger partial charge in [-0.25, -0.2) is 0 Å². The van der Waals surface area contributed by atoms with Crippen LogP contribution in [0.2, 0.25) is 0 Å². The summed E-state index contributed by atoms with van der Waals surface area (Å²) < 4.78 is 0. The van der Waals surface area contributed by atoms with E-state index in [-0.39, 0.29) is 19.4 Å². The van der Waals surface area contributed by atoms with Gasteiger partial charge in [-0.1, -0.05) is 0 Å². The predicted octanol–water partition coefficient (Wildman–Crippen LogP) is -1.21. The highest BCUT2D eigenvalue weighted by Gasteiger charge is 1.94. The number of carbonyl (C=O) groups excluding carboxylic acids is 1. The number of carboxylic acids is 1. The van der Waals surface area contributed by atoms with Crippen molar-refractivity contribution in [1.29, 1.82) is 0 Å². The number of carboxylic acid groups (broad SMARTS) is 1. The van der Waals surface area contributed by atoms with E-state index in [1.807, 2.05) is 0 Å². The number of hydrogen-bond acceptors (Lipinski definition) is 4. The molecule has 0 heterocycles. The normalized spacial score (nSPS) is 8.89. The molecule has 0 spiro atoms. The van der Waals surface area contributed by atoms with Crippen molar-refractivity contribution in [3.63, 3.8) is 0 Å². The fourth-order valence-corrected chi connectivity index (χ4v) is 0.352. The van der Waals surface area contributed by atoms with E-state index in [4.69, 9.17) is 0 Å². The van der Waals surface area contributed by atoms with E-state index < -0.39 is 10.9 Å². The van der Waals surface area contributed by atoms with E-state index in [0.29, 0.717) is 0 Å². The maximum absolute atomic E-state index is 9.65. The second kappa shape index (κ2) is 3.82. The zero-order chi connectivity index (χ0) is 7.28. The molecule has 0 rings (SSSR count). The summed E-state index contributed by atoms with van der Waals surface area (Å²) in [5, 5.41) is 19.2. The average molecular weight is 132 g/mol. The van der Waals surface area contributed by atoms with Gasteiger partial charge in [0.2, 0.25) is 6.54 Å². The zero-order valence-corrected chi connectivity index (χ0v) is 4.70. The zero-order valence-electron chi connectivity index (χ0n) is 4.70. The Balaban J connectivity index is 3.10. The fourth-order valence-electron chi connectivity index (χ4n) is 0.352. The maximum Gasteiger partial charge on any atom is 0.204 e. The van der Waals surface area contributed by atoms with Gasteiger partial charge in [-0.2, -0.15) is 0 Å². The molecule has 0 saturated heterocycles. The van der Waals surface area contributed by atoms with Crippen molar-refractivity contribution in [3.05, 3.63) is 10.1 Å². The van der Waals surface area contributed by atoms with Crippen LogP contribution in [0.4, 0.5) is 0 Å². The van der Waals surface area contributed by atoms with E-state index in [1.165, 1.54) is 0 Å². The summed E-state index contributed by atoms with van der Waals surface area (Å²) in [6.45, 7) is -0.298. The highest BCUT2D eigenvalue weighted by molar-refractivity contribution is 5.64. The number of nitrogens with zero attached hydrogens (tertiary/aromatic N) is 1. The van der Waals surface area contributed by atoms with Crippen molar-refractivity contribution in [3.8, 4) is 0 Å². The minimum Gasteiger partial charge on any atom is -0.550 e. The van der Waals surface area contributed by atoms with Crippen LogP contribution in [-0.2, 0) is 4.79 Å². The van der Waals surface area contributed by atoms with Crippen LogP contribution in [0, 0.1) is 10.1 Å². The van der Waals surface area contributed by atoms with Crippen molar-refractivity contribution in [2.75, 3.05) is 6.54 Å². The van der Waals surface area contributed by atoms with E-state index in [0.717, 1.165) is 0 Å². The summed E-state index contributed by atoms with van der Waals surface area (Å²) in [5.74, 6) is -1.24. The minimum absolute atomic E-state index is 0.0509. The summed E-state index contributed by atoms with van der Waals surface area (Å²) in [5.41, 5.74) is 0. The second-order valence-electron chi connectivity index (χ2n) is 1.53. The van der Waals surface area contributed by atoms with Crippen molar-refractivity contribution in [2.45, 2.75) is 12.8 Å². The summed E-state index contributed by atoms with van der Waals surface area (Å²) >= 11 is 0. The quantitative estimate of drug-likeness (QED) is 0.355.